The van der Waals surface area contributed by atoms with E-state index in [1.807, 2.05) is 6.92 Å². The summed E-state index contributed by atoms with van der Waals surface area (Å²) >= 11 is 0. The molecule has 1 fully saturated rings. The second kappa shape index (κ2) is 6.82. The molecule has 1 aromatic rings. The van der Waals surface area contributed by atoms with Crippen LogP contribution in [0.25, 0.3) is 0 Å². The zero-order chi connectivity index (χ0) is 14.9. The van der Waals surface area contributed by atoms with Gasteiger partial charge >= 0.3 is 0 Å². The summed E-state index contributed by atoms with van der Waals surface area (Å²) in [6, 6.07) is 2.93. The highest BCUT2D eigenvalue weighted by atomic mass is 35.5. The SMILES string of the molecule is CC1CC(CN)CN1C(=O)c1cc(F)cc([N+](=O)[O-])c1.Cl. The van der Waals surface area contributed by atoms with Crippen LogP contribution in [0, 0.1) is 21.8 Å². The Balaban J connectivity index is 0.00000220. The molecule has 0 aliphatic carbocycles. The monoisotopic (exact) mass is 317 g/mol. The molecular formula is C13H17ClFN3O3. The molecule has 2 atom stereocenters. The number of nitro benzene ring substituents is 1. The lowest BCUT2D eigenvalue weighted by atomic mass is 10.1. The zero-order valence-electron chi connectivity index (χ0n) is 11.5. The first-order valence-electron chi connectivity index (χ1n) is 6.38. The summed E-state index contributed by atoms with van der Waals surface area (Å²) < 4.78 is 13.4. The van der Waals surface area contributed by atoms with Crippen molar-refractivity contribution in [2.45, 2.75) is 19.4 Å². The average molecular weight is 318 g/mol. The van der Waals surface area contributed by atoms with Gasteiger partial charge in [-0.25, -0.2) is 4.39 Å². The number of halogens is 2. The van der Waals surface area contributed by atoms with Crippen molar-refractivity contribution in [3.63, 3.8) is 0 Å². The lowest BCUT2D eigenvalue weighted by molar-refractivity contribution is -0.385. The number of rotatable bonds is 3. The highest BCUT2D eigenvalue weighted by Gasteiger charge is 2.32. The van der Waals surface area contributed by atoms with Gasteiger partial charge in [-0.15, -0.1) is 12.4 Å². The Morgan fingerprint density at radius 1 is 1.52 bits per heavy atom. The van der Waals surface area contributed by atoms with Gasteiger partial charge in [-0.2, -0.15) is 0 Å². The van der Waals surface area contributed by atoms with Crippen LogP contribution in [0.4, 0.5) is 10.1 Å². The molecule has 0 spiro atoms. The first-order valence-corrected chi connectivity index (χ1v) is 6.38. The Hall–Kier alpha value is -1.73. The second-order valence-corrected chi connectivity index (χ2v) is 5.10. The number of non-ortho nitro benzene ring substituents is 1. The molecule has 0 saturated carbocycles. The molecule has 0 radical (unpaired) electrons. The molecule has 1 saturated heterocycles. The molecule has 2 N–H and O–H groups in total. The van der Waals surface area contributed by atoms with Crippen LogP contribution in [-0.2, 0) is 0 Å². The van der Waals surface area contributed by atoms with Crippen molar-refractivity contribution < 1.29 is 14.1 Å². The zero-order valence-corrected chi connectivity index (χ0v) is 12.3. The molecular weight excluding hydrogens is 301 g/mol. The van der Waals surface area contributed by atoms with Gasteiger partial charge in [-0.1, -0.05) is 0 Å². The number of hydrogen-bond donors (Lipinski definition) is 1. The first-order chi connectivity index (χ1) is 9.42. The van der Waals surface area contributed by atoms with Crippen LogP contribution < -0.4 is 5.73 Å². The molecule has 1 heterocycles. The summed E-state index contributed by atoms with van der Waals surface area (Å²) in [5.41, 5.74) is 5.18. The number of nitro groups is 1. The number of carbonyl (C=O) groups excluding carboxylic acids is 1. The maximum absolute atomic E-state index is 13.4. The molecule has 8 heteroatoms. The van der Waals surface area contributed by atoms with Crippen LogP contribution in [-0.4, -0.2) is 34.9 Å². The van der Waals surface area contributed by atoms with Gasteiger partial charge in [0, 0.05) is 24.2 Å². The number of carbonyl (C=O) groups is 1. The van der Waals surface area contributed by atoms with Crippen LogP contribution in [0.15, 0.2) is 18.2 Å². The van der Waals surface area contributed by atoms with E-state index in [2.05, 4.69) is 0 Å². The Kier molecular flexibility index (Phi) is 5.62. The number of benzene rings is 1. The Labute approximate surface area is 127 Å². The molecule has 21 heavy (non-hydrogen) atoms. The van der Waals surface area contributed by atoms with Gasteiger partial charge in [0.05, 0.1) is 11.0 Å². The highest BCUT2D eigenvalue weighted by Crippen LogP contribution is 2.25. The molecule has 1 amide bonds. The van der Waals surface area contributed by atoms with Crippen LogP contribution in [0.5, 0.6) is 0 Å². The minimum Gasteiger partial charge on any atom is -0.336 e. The average Bonchev–Trinajstić information content (AvgIpc) is 2.78. The van der Waals surface area contributed by atoms with E-state index in [0.29, 0.717) is 13.1 Å². The van der Waals surface area contributed by atoms with Gasteiger partial charge in [0.15, 0.2) is 0 Å². The van der Waals surface area contributed by atoms with E-state index in [-0.39, 0.29) is 29.9 Å². The maximum Gasteiger partial charge on any atom is 0.273 e. The van der Waals surface area contributed by atoms with E-state index in [9.17, 15) is 19.3 Å². The molecule has 2 unspecified atom stereocenters. The summed E-state index contributed by atoms with van der Waals surface area (Å²) in [5.74, 6) is -0.960. The lowest BCUT2D eigenvalue weighted by Gasteiger charge is -2.21. The summed E-state index contributed by atoms with van der Waals surface area (Å²) in [4.78, 5) is 23.9. The van der Waals surface area contributed by atoms with E-state index in [4.69, 9.17) is 5.73 Å². The van der Waals surface area contributed by atoms with Crippen molar-refractivity contribution in [3.05, 3.63) is 39.7 Å². The van der Waals surface area contributed by atoms with Crippen LogP contribution in [0.1, 0.15) is 23.7 Å². The third-order valence-corrected chi connectivity index (χ3v) is 3.60. The Bertz CT molecular complexity index is 555. The van der Waals surface area contributed by atoms with Gasteiger partial charge in [0.25, 0.3) is 11.6 Å². The molecule has 1 aliphatic rings. The first kappa shape index (κ1) is 17.3. The molecule has 1 aromatic carbocycles. The predicted molar refractivity (Wildman–Crippen MR) is 78.0 cm³/mol. The number of hydrogen-bond acceptors (Lipinski definition) is 4. The number of amides is 1. The maximum atomic E-state index is 13.4. The van der Waals surface area contributed by atoms with Gasteiger partial charge in [-0.3, -0.25) is 14.9 Å². The molecule has 0 aromatic heterocycles. The summed E-state index contributed by atoms with van der Waals surface area (Å²) in [6.07, 6.45) is 0.791. The molecule has 1 aliphatic heterocycles. The Morgan fingerprint density at radius 2 is 2.19 bits per heavy atom. The van der Waals surface area contributed by atoms with Crippen molar-refractivity contribution in [1.82, 2.24) is 4.90 Å². The predicted octanol–water partition coefficient (Wildman–Crippen LogP) is 1.97. The molecule has 6 nitrogen and oxygen atoms in total. The van der Waals surface area contributed by atoms with Gasteiger partial charge in [-0.05, 0) is 31.9 Å². The fourth-order valence-corrected chi connectivity index (χ4v) is 2.56. The van der Waals surface area contributed by atoms with E-state index in [0.717, 1.165) is 24.6 Å². The quantitative estimate of drug-likeness (QED) is 0.681. The number of likely N-dealkylation sites (tertiary alicyclic amines) is 1. The van der Waals surface area contributed by atoms with Gasteiger partial charge in [0.1, 0.15) is 5.82 Å². The summed E-state index contributed by atoms with van der Waals surface area (Å²) in [7, 11) is 0. The third kappa shape index (κ3) is 3.68. The molecule has 2 rings (SSSR count). The van der Waals surface area contributed by atoms with Crippen LogP contribution in [0.2, 0.25) is 0 Å². The molecule has 116 valence electrons. The van der Waals surface area contributed by atoms with E-state index in [1.54, 1.807) is 4.90 Å². The van der Waals surface area contributed by atoms with Crippen molar-refractivity contribution in [2.24, 2.45) is 11.7 Å². The van der Waals surface area contributed by atoms with Gasteiger partial charge < -0.3 is 10.6 Å². The minimum atomic E-state index is -0.787. The van der Waals surface area contributed by atoms with E-state index < -0.39 is 22.3 Å². The standard InChI is InChI=1S/C13H16FN3O3.ClH/c1-8-2-9(6-15)7-16(8)13(18)10-3-11(14)5-12(4-10)17(19)20;/h3-5,8-9H,2,6-7,15H2,1H3;1H. The van der Waals surface area contributed by atoms with Crippen molar-refractivity contribution in [3.8, 4) is 0 Å². The fraction of sp³-hybridized carbons (Fsp3) is 0.462. The molecule has 0 bridgehead atoms. The second-order valence-electron chi connectivity index (χ2n) is 5.10. The highest BCUT2D eigenvalue weighted by molar-refractivity contribution is 5.95. The van der Waals surface area contributed by atoms with Crippen molar-refractivity contribution >= 4 is 24.0 Å². The van der Waals surface area contributed by atoms with Crippen LogP contribution in [0.3, 0.4) is 0 Å². The van der Waals surface area contributed by atoms with E-state index in [1.165, 1.54) is 0 Å². The fourth-order valence-electron chi connectivity index (χ4n) is 2.56. The number of nitrogens with two attached hydrogens (primary N) is 1. The Morgan fingerprint density at radius 3 is 2.71 bits per heavy atom. The normalized spacial score (nSPS) is 21.0. The largest absolute Gasteiger partial charge is 0.336 e. The smallest absolute Gasteiger partial charge is 0.273 e. The van der Waals surface area contributed by atoms with E-state index >= 15 is 0 Å². The van der Waals surface area contributed by atoms with Crippen LogP contribution >= 0.6 is 12.4 Å². The summed E-state index contributed by atoms with van der Waals surface area (Å²) in [5, 5.41) is 10.7. The van der Waals surface area contributed by atoms with Gasteiger partial charge in [0.2, 0.25) is 0 Å². The summed E-state index contributed by atoms with van der Waals surface area (Å²) in [6.45, 7) is 2.87. The third-order valence-electron chi connectivity index (χ3n) is 3.60. The minimum absolute atomic E-state index is 0. The van der Waals surface area contributed by atoms with Crippen molar-refractivity contribution in [1.29, 1.82) is 0 Å². The lowest BCUT2D eigenvalue weighted by Crippen LogP contribution is -2.34. The van der Waals surface area contributed by atoms with Crippen molar-refractivity contribution in [2.75, 3.05) is 13.1 Å². The topological polar surface area (TPSA) is 89.5 Å². The number of nitrogens with zero attached hydrogens (tertiary/aromatic N) is 2.